The average Bonchev–Trinajstić information content (AvgIpc) is 2.84. The molecule has 18 heavy (non-hydrogen) atoms. The van der Waals surface area contributed by atoms with Gasteiger partial charge in [0.1, 0.15) is 0 Å². The van der Waals surface area contributed by atoms with Gasteiger partial charge in [-0.3, -0.25) is 4.98 Å². The van der Waals surface area contributed by atoms with Crippen LogP contribution in [0.25, 0.3) is 16.6 Å². The summed E-state index contributed by atoms with van der Waals surface area (Å²) in [7, 11) is 0. The first-order valence-corrected chi connectivity index (χ1v) is 6.28. The number of halogens is 1. The minimum absolute atomic E-state index is 0.401. The number of hydrogen-bond acceptors (Lipinski definition) is 2. The first kappa shape index (κ1) is 11.2. The van der Waals surface area contributed by atoms with Gasteiger partial charge in [0.05, 0.1) is 28.5 Å². The van der Waals surface area contributed by atoms with Crippen LogP contribution in [0.15, 0.2) is 42.6 Å². The summed E-state index contributed by atoms with van der Waals surface area (Å²) >= 11 is 5.90. The molecule has 3 nitrogen and oxygen atoms in total. The molecule has 1 aromatic carbocycles. The fourth-order valence-electron chi connectivity index (χ4n) is 2.02. The van der Waals surface area contributed by atoms with Crippen LogP contribution in [0.3, 0.4) is 0 Å². The maximum atomic E-state index is 5.90. The van der Waals surface area contributed by atoms with Gasteiger partial charge in [-0.05, 0) is 25.1 Å². The normalized spacial score (nSPS) is 11.0. The molecule has 0 saturated heterocycles. The molecule has 0 saturated carbocycles. The van der Waals surface area contributed by atoms with Crippen LogP contribution in [-0.2, 0) is 5.88 Å². The summed E-state index contributed by atoms with van der Waals surface area (Å²) in [6, 6.07) is 12.0. The van der Waals surface area contributed by atoms with E-state index >= 15 is 0 Å². The number of hydrogen-bond donors (Lipinski definition) is 0. The molecule has 2 heterocycles. The average molecular weight is 258 g/mol. The first-order valence-electron chi connectivity index (χ1n) is 5.75. The zero-order chi connectivity index (χ0) is 12.5. The second kappa shape index (κ2) is 4.42. The number of nitrogens with zero attached hydrogens (tertiary/aromatic N) is 3. The highest BCUT2D eigenvalue weighted by Crippen LogP contribution is 2.22. The molecular weight excluding hydrogens is 246 g/mol. The molecule has 0 aliphatic rings. The number of pyridine rings is 1. The van der Waals surface area contributed by atoms with Gasteiger partial charge in [0, 0.05) is 11.6 Å². The molecule has 0 radical (unpaired) electrons. The lowest BCUT2D eigenvalue weighted by atomic mass is 10.1. The molecule has 2 aromatic heterocycles. The summed E-state index contributed by atoms with van der Waals surface area (Å²) in [6.07, 6.45) is 1.95. The Morgan fingerprint density at radius 2 is 2.06 bits per heavy atom. The lowest BCUT2D eigenvalue weighted by Crippen LogP contribution is -1.99. The molecule has 0 unspecified atom stereocenters. The fourth-order valence-corrected chi connectivity index (χ4v) is 2.15. The highest BCUT2D eigenvalue weighted by atomic mass is 35.5. The zero-order valence-electron chi connectivity index (χ0n) is 9.97. The number of benzene rings is 1. The van der Waals surface area contributed by atoms with E-state index in [4.69, 9.17) is 11.6 Å². The Morgan fingerprint density at radius 1 is 1.22 bits per heavy atom. The van der Waals surface area contributed by atoms with Gasteiger partial charge in [0.15, 0.2) is 0 Å². The topological polar surface area (TPSA) is 30.7 Å². The van der Waals surface area contributed by atoms with E-state index in [1.165, 1.54) is 0 Å². The second-order valence-electron chi connectivity index (χ2n) is 4.19. The quantitative estimate of drug-likeness (QED) is 0.658. The highest BCUT2D eigenvalue weighted by Gasteiger charge is 2.07. The SMILES string of the molecule is Cc1ccn(-c2cc(CCl)nc3ccccc23)n1. The Labute approximate surface area is 110 Å². The molecule has 0 atom stereocenters. The van der Waals surface area contributed by atoms with Crippen molar-refractivity contribution in [3.8, 4) is 5.69 Å². The molecule has 3 rings (SSSR count). The third-order valence-corrected chi connectivity index (χ3v) is 3.13. The monoisotopic (exact) mass is 257 g/mol. The Bertz CT molecular complexity index is 703. The lowest BCUT2D eigenvalue weighted by molar-refractivity contribution is 0.865. The van der Waals surface area contributed by atoms with Crippen molar-refractivity contribution in [1.29, 1.82) is 0 Å². The van der Waals surface area contributed by atoms with E-state index in [2.05, 4.69) is 10.1 Å². The maximum Gasteiger partial charge on any atom is 0.0758 e. The molecular formula is C14H12ClN3. The van der Waals surface area contributed by atoms with Crippen LogP contribution in [0.4, 0.5) is 0 Å². The number of alkyl halides is 1. The predicted octanol–water partition coefficient (Wildman–Crippen LogP) is 3.47. The highest BCUT2D eigenvalue weighted by molar-refractivity contribution is 6.17. The maximum absolute atomic E-state index is 5.90. The van der Waals surface area contributed by atoms with E-state index in [9.17, 15) is 0 Å². The van der Waals surface area contributed by atoms with E-state index in [0.717, 1.165) is 28.0 Å². The van der Waals surface area contributed by atoms with Gasteiger partial charge in [-0.2, -0.15) is 5.10 Å². The van der Waals surface area contributed by atoms with Gasteiger partial charge in [-0.15, -0.1) is 11.6 Å². The van der Waals surface area contributed by atoms with Crippen molar-refractivity contribution in [3.05, 3.63) is 54.0 Å². The van der Waals surface area contributed by atoms with E-state index in [0.29, 0.717) is 5.88 Å². The van der Waals surface area contributed by atoms with E-state index in [1.807, 2.05) is 54.2 Å². The third kappa shape index (κ3) is 1.87. The Morgan fingerprint density at radius 3 is 2.78 bits per heavy atom. The van der Waals surface area contributed by atoms with Crippen molar-refractivity contribution >= 4 is 22.5 Å². The molecule has 3 aromatic rings. The Hall–Kier alpha value is -1.87. The van der Waals surface area contributed by atoms with Crippen LogP contribution in [-0.4, -0.2) is 14.8 Å². The smallest absolute Gasteiger partial charge is 0.0758 e. The molecule has 90 valence electrons. The van der Waals surface area contributed by atoms with Crippen LogP contribution in [0, 0.1) is 6.92 Å². The van der Waals surface area contributed by atoms with Gasteiger partial charge < -0.3 is 0 Å². The van der Waals surface area contributed by atoms with Crippen molar-refractivity contribution in [2.45, 2.75) is 12.8 Å². The summed E-state index contributed by atoms with van der Waals surface area (Å²) in [5, 5.41) is 5.53. The summed E-state index contributed by atoms with van der Waals surface area (Å²) < 4.78 is 1.87. The van der Waals surface area contributed by atoms with Crippen LogP contribution in [0.2, 0.25) is 0 Å². The minimum atomic E-state index is 0.401. The van der Waals surface area contributed by atoms with Crippen molar-refractivity contribution in [2.24, 2.45) is 0 Å². The number of rotatable bonds is 2. The molecule has 0 spiro atoms. The van der Waals surface area contributed by atoms with Crippen LogP contribution in [0.5, 0.6) is 0 Å². The van der Waals surface area contributed by atoms with Crippen molar-refractivity contribution in [3.63, 3.8) is 0 Å². The molecule has 4 heteroatoms. The van der Waals surface area contributed by atoms with Crippen molar-refractivity contribution in [1.82, 2.24) is 14.8 Å². The third-order valence-electron chi connectivity index (χ3n) is 2.85. The van der Waals surface area contributed by atoms with Gasteiger partial charge in [0.25, 0.3) is 0 Å². The predicted molar refractivity (Wildman–Crippen MR) is 73.2 cm³/mol. The Balaban J connectivity index is 2.32. The summed E-state index contributed by atoms with van der Waals surface area (Å²) in [6.45, 7) is 1.97. The lowest BCUT2D eigenvalue weighted by Gasteiger charge is -2.08. The standard InChI is InChI=1S/C14H12ClN3/c1-10-6-7-18(17-10)14-8-11(9-15)16-13-5-3-2-4-12(13)14/h2-8H,9H2,1H3. The summed E-state index contributed by atoms with van der Waals surface area (Å²) in [5.74, 6) is 0.401. The fraction of sp³-hybridized carbons (Fsp3) is 0.143. The molecule has 0 amide bonds. The van der Waals surface area contributed by atoms with E-state index in [1.54, 1.807) is 0 Å². The molecule has 0 aliphatic carbocycles. The van der Waals surface area contributed by atoms with Gasteiger partial charge >= 0.3 is 0 Å². The van der Waals surface area contributed by atoms with E-state index in [-0.39, 0.29) is 0 Å². The van der Waals surface area contributed by atoms with Crippen LogP contribution < -0.4 is 0 Å². The molecule has 0 fully saturated rings. The van der Waals surface area contributed by atoms with E-state index < -0.39 is 0 Å². The summed E-state index contributed by atoms with van der Waals surface area (Å²) in [4.78, 5) is 4.51. The number of fused-ring (bicyclic) bond motifs is 1. The van der Waals surface area contributed by atoms with Crippen LogP contribution >= 0.6 is 11.6 Å². The minimum Gasteiger partial charge on any atom is -0.251 e. The van der Waals surface area contributed by atoms with Crippen molar-refractivity contribution < 1.29 is 0 Å². The number of aryl methyl sites for hydroxylation is 1. The zero-order valence-corrected chi connectivity index (χ0v) is 10.7. The molecule has 0 bridgehead atoms. The van der Waals surface area contributed by atoms with Gasteiger partial charge in [-0.1, -0.05) is 18.2 Å². The summed E-state index contributed by atoms with van der Waals surface area (Å²) in [5.41, 5.74) is 3.81. The molecule has 0 N–H and O–H groups in total. The van der Waals surface area contributed by atoms with Gasteiger partial charge in [-0.25, -0.2) is 4.68 Å². The number of aromatic nitrogens is 3. The largest absolute Gasteiger partial charge is 0.251 e. The number of para-hydroxylation sites is 1. The first-order chi connectivity index (χ1) is 8.78. The molecule has 0 aliphatic heterocycles. The van der Waals surface area contributed by atoms with Crippen LogP contribution in [0.1, 0.15) is 11.4 Å². The van der Waals surface area contributed by atoms with Crippen molar-refractivity contribution in [2.75, 3.05) is 0 Å². The van der Waals surface area contributed by atoms with Gasteiger partial charge in [0.2, 0.25) is 0 Å². The Kier molecular flexibility index (Phi) is 2.76. The second-order valence-corrected chi connectivity index (χ2v) is 4.45.